The Kier molecular flexibility index (Phi) is 9.96. The molecule has 2 fully saturated rings. The fraction of sp³-hybridized carbons (Fsp3) is 0.538. The summed E-state index contributed by atoms with van der Waals surface area (Å²) in [5.41, 5.74) is 5.37. The average molecular weight is 626 g/mol. The van der Waals surface area contributed by atoms with E-state index in [1.807, 2.05) is 8.64 Å². The second kappa shape index (κ2) is 12.0. The number of halogens is 2. The molecule has 4 heteroatoms. The molecule has 0 saturated heterocycles. The van der Waals surface area contributed by atoms with Gasteiger partial charge < -0.3 is 24.8 Å². The molecule has 0 spiro atoms. The van der Waals surface area contributed by atoms with Crippen molar-refractivity contribution in [1.82, 2.24) is 0 Å². The van der Waals surface area contributed by atoms with Crippen LogP contribution in [0.15, 0.2) is 51.1 Å². The van der Waals surface area contributed by atoms with Crippen LogP contribution in [0.4, 0.5) is 0 Å². The molecule has 0 bridgehead atoms. The van der Waals surface area contributed by atoms with E-state index in [1.165, 1.54) is 70.6 Å². The molecule has 5 rings (SSSR count). The van der Waals surface area contributed by atoms with Crippen LogP contribution in [0.2, 0.25) is 0 Å². The van der Waals surface area contributed by atoms with E-state index in [-0.39, 0.29) is 32.7 Å². The fourth-order valence-electron chi connectivity index (χ4n) is 5.86. The van der Waals surface area contributed by atoms with Crippen molar-refractivity contribution in [2.24, 2.45) is 0 Å². The van der Waals surface area contributed by atoms with Gasteiger partial charge in [0, 0.05) is 0 Å². The number of allylic oxidation sites excluding steroid dienone is 5. The van der Waals surface area contributed by atoms with E-state index in [9.17, 15) is 0 Å². The summed E-state index contributed by atoms with van der Waals surface area (Å²) in [5.74, 6) is 0. The Labute approximate surface area is 208 Å². The van der Waals surface area contributed by atoms with Gasteiger partial charge in [-0.05, 0) is 0 Å². The Hall–Kier alpha value is 0.320. The van der Waals surface area contributed by atoms with Gasteiger partial charge in [-0.15, -0.1) is 0 Å². The van der Waals surface area contributed by atoms with Crippen LogP contribution in [0.1, 0.15) is 85.4 Å². The average Bonchev–Trinajstić information content (AvgIpc) is 3.39. The minimum absolute atomic E-state index is 0. The van der Waals surface area contributed by atoms with Crippen molar-refractivity contribution in [1.29, 1.82) is 0 Å². The van der Waals surface area contributed by atoms with E-state index >= 15 is 0 Å². The van der Waals surface area contributed by atoms with Crippen LogP contribution in [-0.2, 0) is 22.9 Å². The molecule has 0 nitrogen and oxygen atoms in total. The standard InChI is InChI=1S/C21H28P.C5H5.2ClH.Hf/c1-3-11-19(12-4-1)22(20-13-5-2-6-14-20)21-15-17-9-7-8-10-18(17)16-21;1-2-4-5-3-1;;;/h7-10,15-16,19-20H,1-6,11-14H2;1-3H,4H2;2*1H;/q;;;;+2/p-2. The molecule has 1 atom stereocenters. The van der Waals surface area contributed by atoms with Crippen LogP contribution in [0.5, 0.6) is 0 Å². The van der Waals surface area contributed by atoms with Crippen LogP contribution in [0.25, 0.3) is 6.08 Å². The summed E-state index contributed by atoms with van der Waals surface area (Å²) in [6.07, 6.45) is 26.3. The number of rotatable bonds is 5. The first kappa shape index (κ1) is 25.0. The SMILES string of the molecule is C1=CC[C]([Hf+2][CH]2C(P(C3CCCCC3)C3CCCCC3)=Cc3ccccc32)=C1.[Cl-].[Cl-]. The zero-order valence-corrected chi connectivity index (χ0v) is 23.8. The monoisotopic (exact) mass is 626 g/mol. The third kappa shape index (κ3) is 5.44. The number of fused-ring (bicyclic) bond motifs is 1. The Morgan fingerprint density at radius 2 is 1.43 bits per heavy atom. The molecular formula is C26H33Cl2HfP. The van der Waals surface area contributed by atoms with Gasteiger partial charge >= 0.3 is 185 Å². The normalized spacial score (nSPS) is 23.8. The first-order valence-electron chi connectivity index (χ1n) is 11.6. The van der Waals surface area contributed by atoms with Crippen molar-refractivity contribution < 1.29 is 47.7 Å². The first-order chi connectivity index (χ1) is 13.9. The van der Waals surface area contributed by atoms with Gasteiger partial charge in [0.05, 0.1) is 0 Å². The molecule has 0 radical (unpaired) electrons. The van der Waals surface area contributed by atoms with E-state index in [0.29, 0.717) is 0 Å². The van der Waals surface area contributed by atoms with Gasteiger partial charge in [0.15, 0.2) is 0 Å². The van der Waals surface area contributed by atoms with Crippen LogP contribution < -0.4 is 24.8 Å². The minimum atomic E-state index is -0.866. The van der Waals surface area contributed by atoms with Crippen LogP contribution in [0, 0.1) is 0 Å². The Morgan fingerprint density at radius 3 is 2.03 bits per heavy atom. The maximum atomic E-state index is 2.73. The molecule has 1 unspecified atom stereocenters. The zero-order chi connectivity index (χ0) is 18.8. The van der Waals surface area contributed by atoms with Crippen molar-refractivity contribution in [2.75, 3.05) is 0 Å². The molecule has 0 amide bonds. The molecule has 0 N–H and O–H groups in total. The van der Waals surface area contributed by atoms with Crippen molar-refractivity contribution in [2.45, 2.75) is 85.6 Å². The van der Waals surface area contributed by atoms with E-state index < -0.39 is 22.9 Å². The van der Waals surface area contributed by atoms with Gasteiger partial charge in [0.2, 0.25) is 0 Å². The van der Waals surface area contributed by atoms with Crippen LogP contribution >= 0.6 is 7.92 Å². The Balaban J connectivity index is 0.00000128. The quantitative estimate of drug-likeness (QED) is 0.348. The molecule has 30 heavy (non-hydrogen) atoms. The molecule has 0 heterocycles. The molecular weight excluding hydrogens is 593 g/mol. The van der Waals surface area contributed by atoms with Gasteiger partial charge in [0.25, 0.3) is 0 Å². The molecule has 4 aliphatic carbocycles. The summed E-state index contributed by atoms with van der Waals surface area (Å²) in [7, 11) is 0.0581. The van der Waals surface area contributed by atoms with Crippen molar-refractivity contribution in [3.05, 3.63) is 62.3 Å². The number of benzene rings is 1. The zero-order valence-electron chi connectivity index (χ0n) is 17.8. The van der Waals surface area contributed by atoms with Crippen molar-refractivity contribution >= 4 is 14.0 Å². The number of hydrogen-bond acceptors (Lipinski definition) is 0. The Bertz CT molecular complexity index is 770. The molecule has 0 aromatic heterocycles. The molecule has 4 aliphatic rings. The van der Waals surface area contributed by atoms with E-state index in [1.54, 1.807) is 11.1 Å². The van der Waals surface area contributed by atoms with Crippen LogP contribution in [0.3, 0.4) is 0 Å². The van der Waals surface area contributed by atoms with E-state index in [0.717, 1.165) is 15.0 Å². The van der Waals surface area contributed by atoms with Gasteiger partial charge in [0.1, 0.15) is 0 Å². The van der Waals surface area contributed by atoms with Gasteiger partial charge in [-0.1, -0.05) is 0 Å². The molecule has 1 aromatic carbocycles. The van der Waals surface area contributed by atoms with Gasteiger partial charge in [-0.3, -0.25) is 0 Å². The second-order valence-electron chi connectivity index (χ2n) is 9.09. The van der Waals surface area contributed by atoms with Crippen LogP contribution in [-0.4, -0.2) is 11.3 Å². The predicted octanol–water partition coefficient (Wildman–Crippen LogP) is 2.16. The van der Waals surface area contributed by atoms with Gasteiger partial charge in [-0.2, -0.15) is 0 Å². The number of hydrogen-bond donors (Lipinski definition) is 0. The summed E-state index contributed by atoms with van der Waals surface area (Å²) in [6, 6.07) is 9.46. The summed E-state index contributed by atoms with van der Waals surface area (Å²) >= 11 is -0.866. The topological polar surface area (TPSA) is 0 Å². The maximum absolute atomic E-state index is 2.73. The minimum Gasteiger partial charge on any atom is -1.00 e. The summed E-state index contributed by atoms with van der Waals surface area (Å²) in [5, 5.41) is 1.98. The summed E-state index contributed by atoms with van der Waals surface area (Å²) in [6.45, 7) is 0. The second-order valence-corrected chi connectivity index (χ2v) is 17.3. The predicted molar refractivity (Wildman–Crippen MR) is 120 cm³/mol. The molecule has 0 aliphatic heterocycles. The largest absolute Gasteiger partial charge is 1.00 e. The van der Waals surface area contributed by atoms with E-state index in [2.05, 4.69) is 48.6 Å². The first-order valence-corrected chi connectivity index (χ1v) is 17.0. The third-order valence-electron chi connectivity index (χ3n) is 7.24. The fourth-order valence-corrected chi connectivity index (χ4v) is 17.2. The Morgan fingerprint density at radius 1 is 0.800 bits per heavy atom. The van der Waals surface area contributed by atoms with Crippen molar-refractivity contribution in [3.8, 4) is 0 Å². The smallest absolute Gasteiger partial charge is 1.00 e. The summed E-state index contributed by atoms with van der Waals surface area (Å²) in [4.78, 5) is 0. The maximum Gasteiger partial charge on any atom is -1.00 e. The molecule has 160 valence electrons. The summed E-state index contributed by atoms with van der Waals surface area (Å²) < 4.78 is 2.70. The van der Waals surface area contributed by atoms with Gasteiger partial charge in [-0.25, -0.2) is 0 Å². The third-order valence-corrected chi connectivity index (χ3v) is 17.6. The van der Waals surface area contributed by atoms with E-state index in [4.69, 9.17) is 0 Å². The van der Waals surface area contributed by atoms with Crippen molar-refractivity contribution in [3.63, 3.8) is 0 Å². The molecule has 1 aromatic rings. The molecule has 2 saturated carbocycles.